The third kappa shape index (κ3) is 5.09. The fourth-order valence-corrected chi connectivity index (χ4v) is 3.46. The summed E-state index contributed by atoms with van der Waals surface area (Å²) in [5, 5.41) is 6.76. The number of nitrogens with zero attached hydrogens (tertiary/aromatic N) is 2. The van der Waals surface area contributed by atoms with Crippen LogP contribution in [-0.2, 0) is 6.54 Å². The highest BCUT2D eigenvalue weighted by molar-refractivity contribution is 14.0. The molecule has 2 N–H and O–H groups in total. The Morgan fingerprint density at radius 1 is 1.10 bits per heavy atom. The molecule has 0 radical (unpaired) electrons. The molecule has 7 heteroatoms. The summed E-state index contributed by atoms with van der Waals surface area (Å²) < 4.78 is 11.3. The lowest BCUT2D eigenvalue weighted by atomic mass is 9.93. The predicted octanol–water partition coefficient (Wildman–Crippen LogP) is 4.19. The molecule has 1 aliphatic rings. The second-order valence-corrected chi connectivity index (χ2v) is 6.67. The second-order valence-electron chi connectivity index (χ2n) is 6.67. The van der Waals surface area contributed by atoms with E-state index in [-0.39, 0.29) is 24.0 Å². The van der Waals surface area contributed by atoms with E-state index in [0.29, 0.717) is 12.5 Å². The molecule has 0 spiro atoms. The minimum absolute atomic E-state index is 0. The molecule has 1 aliphatic heterocycles. The zero-order chi connectivity index (χ0) is 19.2. The van der Waals surface area contributed by atoms with Gasteiger partial charge in [0.05, 0.1) is 13.2 Å². The van der Waals surface area contributed by atoms with Gasteiger partial charge in [-0.3, -0.25) is 4.99 Å². The Balaban J connectivity index is 0.00000240. The van der Waals surface area contributed by atoms with Gasteiger partial charge in [0, 0.05) is 25.1 Å². The molecule has 1 unspecified atom stereocenters. The number of halogens is 1. The molecule has 6 nitrogen and oxygen atoms in total. The molecule has 3 aromatic rings. The maximum atomic E-state index is 5.75. The topological polar surface area (TPSA) is 71.7 Å². The Labute approximate surface area is 187 Å². The number of ether oxygens (including phenoxy) is 1. The molecule has 0 fully saturated rings. The highest BCUT2D eigenvalue weighted by atomic mass is 127. The molecule has 0 saturated carbocycles. The van der Waals surface area contributed by atoms with Crippen LogP contribution in [0.25, 0.3) is 11.3 Å². The van der Waals surface area contributed by atoms with Gasteiger partial charge in [0.15, 0.2) is 18.1 Å². The molecule has 4 rings (SSSR count). The van der Waals surface area contributed by atoms with Crippen molar-refractivity contribution in [2.45, 2.75) is 18.9 Å². The van der Waals surface area contributed by atoms with Crippen LogP contribution in [0.3, 0.4) is 0 Å². The zero-order valence-electron chi connectivity index (χ0n) is 16.3. The number of para-hydroxylation sites is 1. The lowest BCUT2D eigenvalue weighted by Crippen LogP contribution is -2.39. The van der Waals surface area contributed by atoms with Crippen molar-refractivity contribution in [1.82, 2.24) is 15.6 Å². The number of hydrogen-bond donors (Lipinski definition) is 2. The summed E-state index contributed by atoms with van der Waals surface area (Å²) in [6.07, 6.45) is 2.47. The predicted molar refractivity (Wildman–Crippen MR) is 125 cm³/mol. The first-order valence-corrected chi connectivity index (χ1v) is 9.49. The molecule has 0 saturated heterocycles. The summed E-state index contributed by atoms with van der Waals surface area (Å²) in [5.74, 6) is 2.90. The van der Waals surface area contributed by atoms with Crippen molar-refractivity contribution in [1.29, 1.82) is 0 Å². The summed E-state index contributed by atoms with van der Waals surface area (Å²) in [5.41, 5.74) is 3.11. The van der Waals surface area contributed by atoms with Crippen molar-refractivity contribution < 1.29 is 9.15 Å². The lowest BCUT2D eigenvalue weighted by Gasteiger charge is -2.26. The van der Waals surface area contributed by atoms with E-state index in [9.17, 15) is 0 Å². The maximum absolute atomic E-state index is 5.75. The maximum Gasteiger partial charge on any atom is 0.191 e. The van der Waals surface area contributed by atoms with Crippen LogP contribution in [0.15, 0.2) is 70.4 Å². The van der Waals surface area contributed by atoms with Crippen molar-refractivity contribution in [3.05, 3.63) is 72.2 Å². The van der Waals surface area contributed by atoms with Gasteiger partial charge < -0.3 is 19.8 Å². The van der Waals surface area contributed by atoms with E-state index in [2.05, 4.69) is 32.7 Å². The molecule has 2 heterocycles. The Morgan fingerprint density at radius 2 is 1.90 bits per heavy atom. The van der Waals surface area contributed by atoms with Gasteiger partial charge in [0.1, 0.15) is 11.4 Å². The van der Waals surface area contributed by atoms with Crippen molar-refractivity contribution in [2.75, 3.05) is 20.2 Å². The number of aromatic nitrogens is 1. The summed E-state index contributed by atoms with van der Waals surface area (Å²) in [6, 6.07) is 18.2. The number of nitrogens with one attached hydrogen (secondary N) is 2. The number of guanidine groups is 1. The van der Waals surface area contributed by atoms with Crippen molar-refractivity contribution in [3.63, 3.8) is 0 Å². The second kappa shape index (κ2) is 10.3. The number of fused-ring (bicyclic) bond motifs is 1. The Kier molecular flexibility index (Phi) is 7.51. The average molecular weight is 504 g/mol. The van der Waals surface area contributed by atoms with Crippen LogP contribution >= 0.6 is 24.0 Å². The first-order chi connectivity index (χ1) is 13.8. The van der Waals surface area contributed by atoms with Crippen LogP contribution in [0.4, 0.5) is 0 Å². The molecule has 152 valence electrons. The van der Waals surface area contributed by atoms with Crippen LogP contribution in [0.1, 0.15) is 23.6 Å². The van der Waals surface area contributed by atoms with E-state index >= 15 is 0 Å². The molecule has 1 aromatic heterocycles. The van der Waals surface area contributed by atoms with Crippen LogP contribution in [-0.4, -0.2) is 31.1 Å². The Hall–Kier alpha value is -2.55. The number of rotatable bonds is 5. The van der Waals surface area contributed by atoms with Crippen molar-refractivity contribution in [2.24, 2.45) is 4.99 Å². The summed E-state index contributed by atoms with van der Waals surface area (Å²) in [7, 11) is 1.77. The van der Waals surface area contributed by atoms with Gasteiger partial charge in [0.2, 0.25) is 0 Å². The molecular weight excluding hydrogens is 479 g/mol. The average Bonchev–Trinajstić information content (AvgIpc) is 3.23. The number of aliphatic imine (C=N–C) groups is 1. The minimum Gasteiger partial charge on any atom is -0.493 e. The molecule has 0 bridgehead atoms. The molecule has 0 amide bonds. The molecule has 0 aliphatic carbocycles. The van der Waals surface area contributed by atoms with Gasteiger partial charge in [-0.05, 0) is 18.1 Å². The third-order valence-electron chi connectivity index (χ3n) is 4.92. The molecule has 1 atom stereocenters. The number of hydrogen-bond acceptors (Lipinski definition) is 4. The molecular formula is C22H25IN4O2. The van der Waals surface area contributed by atoms with Gasteiger partial charge in [0.25, 0.3) is 0 Å². The third-order valence-corrected chi connectivity index (χ3v) is 4.92. The van der Waals surface area contributed by atoms with Gasteiger partial charge >= 0.3 is 0 Å². The first-order valence-electron chi connectivity index (χ1n) is 9.49. The normalized spacial score (nSPS) is 15.6. The van der Waals surface area contributed by atoms with Gasteiger partial charge in [-0.15, -0.1) is 24.0 Å². The van der Waals surface area contributed by atoms with E-state index in [1.807, 2.05) is 42.5 Å². The zero-order valence-corrected chi connectivity index (χ0v) is 18.6. The van der Waals surface area contributed by atoms with E-state index in [1.54, 1.807) is 7.05 Å². The summed E-state index contributed by atoms with van der Waals surface area (Å²) in [4.78, 5) is 8.69. The standard InChI is InChI=1S/C22H24N4O2.HI/c1-23-22(24-13-17-11-12-27-20-10-6-5-9-18(17)20)25-14-19-21(28-15-26-19)16-7-3-2-4-8-16;/h2-10,15,17H,11-14H2,1H3,(H2,23,24,25);1H. The SMILES string of the molecule is CN=C(NCc1ncoc1-c1ccccc1)NCC1CCOc2ccccc21.I. The Bertz CT molecular complexity index is 943. The largest absolute Gasteiger partial charge is 0.493 e. The molecule has 29 heavy (non-hydrogen) atoms. The first kappa shape index (κ1) is 21.2. The van der Waals surface area contributed by atoms with Crippen LogP contribution < -0.4 is 15.4 Å². The Morgan fingerprint density at radius 3 is 2.72 bits per heavy atom. The summed E-state index contributed by atoms with van der Waals surface area (Å²) >= 11 is 0. The monoisotopic (exact) mass is 504 g/mol. The highest BCUT2D eigenvalue weighted by Gasteiger charge is 2.21. The lowest BCUT2D eigenvalue weighted by molar-refractivity contribution is 0.267. The van der Waals surface area contributed by atoms with Crippen molar-refractivity contribution in [3.8, 4) is 17.1 Å². The fraction of sp³-hybridized carbons (Fsp3) is 0.273. The van der Waals surface area contributed by atoms with E-state index < -0.39 is 0 Å². The van der Waals surface area contributed by atoms with E-state index in [0.717, 1.165) is 48.3 Å². The number of benzene rings is 2. The van der Waals surface area contributed by atoms with Crippen LogP contribution in [0.5, 0.6) is 5.75 Å². The smallest absolute Gasteiger partial charge is 0.191 e. The fourth-order valence-electron chi connectivity index (χ4n) is 3.46. The molecule has 2 aromatic carbocycles. The van der Waals surface area contributed by atoms with E-state index in [1.165, 1.54) is 12.0 Å². The van der Waals surface area contributed by atoms with Crippen LogP contribution in [0.2, 0.25) is 0 Å². The van der Waals surface area contributed by atoms with Crippen LogP contribution in [0, 0.1) is 0 Å². The van der Waals surface area contributed by atoms with Gasteiger partial charge in [-0.2, -0.15) is 0 Å². The van der Waals surface area contributed by atoms with E-state index in [4.69, 9.17) is 9.15 Å². The summed E-state index contributed by atoms with van der Waals surface area (Å²) in [6.45, 7) is 2.07. The highest BCUT2D eigenvalue weighted by Crippen LogP contribution is 2.32. The van der Waals surface area contributed by atoms with Gasteiger partial charge in [-0.25, -0.2) is 4.98 Å². The van der Waals surface area contributed by atoms with Crippen molar-refractivity contribution >= 4 is 29.9 Å². The number of oxazole rings is 1. The quantitative estimate of drug-likeness (QED) is 0.310. The minimum atomic E-state index is 0. The van der Waals surface area contributed by atoms with Gasteiger partial charge in [-0.1, -0.05) is 48.5 Å².